The minimum atomic E-state index is -0.478. The molecule has 0 saturated heterocycles. The first-order valence-corrected chi connectivity index (χ1v) is 5.41. The van der Waals surface area contributed by atoms with Gasteiger partial charge in [-0.2, -0.15) is 0 Å². The third kappa shape index (κ3) is 2.95. The van der Waals surface area contributed by atoms with Gasteiger partial charge in [-0.15, -0.1) is 0 Å². The predicted molar refractivity (Wildman–Crippen MR) is 66.2 cm³/mol. The molecule has 4 heteroatoms. The minimum Gasteiger partial charge on any atom is -0.325 e. The highest BCUT2D eigenvalue weighted by molar-refractivity contribution is 14.1. The zero-order valence-corrected chi connectivity index (χ0v) is 10.3. The van der Waals surface area contributed by atoms with Crippen LogP contribution in [0.4, 0.5) is 5.69 Å². The van der Waals surface area contributed by atoms with Crippen molar-refractivity contribution in [3.63, 3.8) is 0 Å². The molecule has 0 unspecified atom stereocenters. The van der Waals surface area contributed by atoms with Crippen molar-refractivity contribution in [1.82, 2.24) is 0 Å². The van der Waals surface area contributed by atoms with E-state index in [9.17, 15) is 4.79 Å². The Morgan fingerprint density at radius 2 is 2.21 bits per heavy atom. The highest BCUT2D eigenvalue weighted by Crippen LogP contribution is 2.17. The van der Waals surface area contributed by atoms with Crippen molar-refractivity contribution in [2.24, 2.45) is 5.73 Å². The topological polar surface area (TPSA) is 55.1 Å². The average Bonchev–Trinajstić information content (AvgIpc) is 2.09. The lowest BCUT2D eigenvalue weighted by Crippen LogP contribution is -2.32. The van der Waals surface area contributed by atoms with Crippen LogP contribution in [0.2, 0.25) is 0 Å². The molecular weight excluding hydrogens is 291 g/mol. The van der Waals surface area contributed by atoms with Gasteiger partial charge in [-0.25, -0.2) is 0 Å². The van der Waals surface area contributed by atoms with E-state index in [1.165, 1.54) is 0 Å². The van der Waals surface area contributed by atoms with Crippen LogP contribution >= 0.6 is 22.6 Å². The summed E-state index contributed by atoms with van der Waals surface area (Å²) in [6.07, 6.45) is 0. The molecule has 76 valence electrons. The molecule has 0 aliphatic rings. The summed E-state index contributed by atoms with van der Waals surface area (Å²) >= 11 is 2.23. The van der Waals surface area contributed by atoms with Crippen molar-refractivity contribution in [1.29, 1.82) is 0 Å². The third-order valence-electron chi connectivity index (χ3n) is 1.86. The number of hydrogen-bond acceptors (Lipinski definition) is 2. The molecule has 0 radical (unpaired) electrons. The molecule has 0 aliphatic heterocycles. The largest absolute Gasteiger partial charge is 0.325 e. The van der Waals surface area contributed by atoms with Crippen molar-refractivity contribution < 1.29 is 4.79 Å². The fraction of sp³-hybridized carbons (Fsp3) is 0.300. The minimum absolute atomic E-state index is 0.158. The number of rotatable bonds is 2. The lowest BCUT2D eigenvalue weighted by Gasteiger charge is -2.10. The molecule has 0 bridgehead atoms. The molecule has 0 spiro atoms. The van der Waals surface area contributed by atoms with Gasteiger partial charge < -0.3 is 11.1 Å². The van der Waals surface area contributed by atoms with Crippen LogP contribution in [-0.4, -0.2) is 11.9 Å². The molecule has 1 rings (SSSR count). The van der Waals surface area contributed by atoms with Gasteiger partial charge in [0.05, 0.1) is 6.04 Å². The molecule has 3 nitrogen and oxygen atoms in total. The maximum absolute atomic E-state index is 11.3. The van der Waals surface area contributed by atoms with Gasteiger partial charge in [0.1, 0.15) is 0 Å². The number of amides is 1. The summed E-state index contributed by atoms with van der Waals surface area (Å²) in [5, 5.41) is 2.77. The van der Waals surface area contributed by atoms with Gasteiger partial charge in [-0.3, -0.25) is 4.79 Å². The maximum atomic E-state index is 11.3. The normalized spacial score (nSPS) is 12.3. The number of nitrogens with two attached hydrogens (primary N) is 1. The Hall–Kier alpha value is -0.620. The van der Waals surface area contributed by atoms with E-state index in [2.05, 4.69) is 27.9 Å². The SMILES string of the molecule is Cc1cc(I)ccc1NC(=O)[C@H](C)N. The van der Waals surface area contributed by atoms with E-state index in [1.54, 1.807) is 6.92 Å². The highest BCUT2D eigenvalue weighted by Gasteiger charge is 2.08. The number of benzene rings is 1. The van der Waals surface area contributed by atoms with Crippen molar-refractivity contribution in [3.8, 4) is 0 Å². The van der Waals surface area contributed by atoms with Gasteiger partial charge in [0.25, 0.3) is 0 Å². The Morgan fingerprint density at radius 3 is 2.71 bits per heavy atom. The molecular formula is C10H13IN2O. The predicted octanol–water partition coefficient (Wildman–Crippen LogP) is 1.89. The van der Waals surface area contributed by atoms with Crippen LogP contribution in [0.5, 0.6) is 0 Å². The van der Waals surface area contributed by atoms with Crippen LogP contribution in [0.15, 0.2) is 18.2 Å². The van der Waals surface area contributed by atoms with Crippen molar-refractivity contribution >= 4 is 34.2 Å². The van der Waals surface area contributed by atoms with Gasteiger partial charge in [0.15, 0.2) is 0 Å². The summed E-state index contributed by atoms with van der Waals surface area (Å²) < 4.78 is 1.15. The van der Waals surface area contributed by atoms with E-state index >= 15 is 0 Å². The Balaban J connectivity index is 2.82. The van der Waals surface area contributed by atoms with Gasteiger partial charge in [-0.1, -0.05) is 0 Å². The van der Waals surface area contributed by atoms with Crippen LogP contribution < -0.4 is 11.1 Å². The Kier molecular flexibility index (Phi) is 3.88. The quantitative estimate of drug-likeness (QED) is 0.820. The number of carbonyl (C=O) groups is 1. The van der Waals surface area contributed by atoms with E-state index in [1.807, 2.05) is 25.1 Å². The Bertz CT molecular complexity index is 350. The first-order valence-electron chi connectivity index (χ1n) is 4.33. The smallest absolute Gasteiger partial charge is 0.241 e. The number of hydrogen-bond donors (Lipinski definition) is 2. The third-order valence-corrected chi connectivity index (χ3v) is 2.53. The number of aryl methyl sites for hydroxylation is 1. The van der Waals surface area contributed by atoms with Crippen LogP contribution in [0.25, 0.3) is 0 Å². The fourth-order valence-electron chi connectivity index (χ4n) is 1.01. The molecule has 0 fully saturated rings. The second-order valence-corrected chi connectivity index (χ2v) is 4.48. The van der Waals surface area contributed by atoms with Crippen molar-refractivity contribution in [2.75, 3.05) is 5.32 Å². The van der Waals surface area contributed by atoms with Crippen LogP contribution in [0.3, 0.4) is 0 Å². The number of anilines is 1. The summed E-state index contributed by atoms with van der Waals surface area (Å²) in [5.41, 5.74) is 7.32. The Morgan fingerprint density at radius 1 is 1.57 bits per heavy atom. The lowest BCUT2D eigenvalue weighted by molar-refractivity contribution is -0.117. The number of halogens is 1. The van der Waals surface area contributed by atoms with Gasteiger partial charge in [0, 0.05) is 9.26 Å². The van der Waals surface area contributed by atoms with E-state index in [0.717, 1.165) is 14.8 Å². The molecule has 0 aromatic heterocycles. The van der Waals surface area contributed by atoms with Gasteiger partial charge in [-0.05, 0) is 60.2 Å². The number of nitrogens with one attached hydrogen (secondary N) is 1. The molecule has 14 heavy (non-hydrogen) atoms. The molecule has 0 heterocycles. The fourth-order valence-corrected chi connectivity index (χ4v) is 1.66. The maximum Gasteiger partial charge on any atom is 0.241 e. The molecule has 3 N–H and O–H groups in total. The summed E-state index contributed by atoms with van der Waals surface area (Å²) in [6.45, 7) is 3.62. The summed E-state index contributed by atoms with van der Waals surface area (Å²) in [4.78, 5) is 11.3. The average molecular weight is 304 g/mol. The molecule has 0 aliphatic carbocycles. The molecule has 1 aromatic rings. The van der Waals surface area contributed by atoms with Gasteiger partial charge >= 0.3 is 0 Å². The molecule has 0 saturated carbocycles. The zero-order chi connectivity index (χ0) is 10.7. The van der Waals surface area contributed by atoms with Crippen LogP contribution in [0.1, 0.15) is 12.5 Å². The first kappa shape index (κ1) is 11.5. The van der Waals surface area contributed by atoms with Crippen LogP contribution in [-0.2, 0) is 4.79 Å². The van der Waals surface area contributed by atoms with Gasteiger partial charge in [0.2, 0.25) is 5.91 Å². The van der Waals surface area contributed by atoms with Crippen molar-refractivity contribution in [3.05, 3.63) is 27.3 Å². The van der Waals surface area contributed by atoms with E-state index in [0.29, 0.717) is 0 Å². The van der Waals surface area contributed by atoms with E-state index in [4.69, 9.17) is 5.73 Å². The van der Waals surface area contributed by atoms with Crippen LogP contribution in [0, 0.1) is 10.5 Å². The summed E-state index contributed by atoms with van der Waals surface area (Å²) in [7, 11) is 0. The number of carbonyl (C=O) groups excluding carboxylic acids is 1. The summed E-state index contributed by atoms with van der Waals surface area (Å²) in [6, 6.07) is 5.37. The first-order chi connectivity index (χ1) is 6.50. The second kappa shape index (κ2) is 4.75. The molecule has 1 amide bonds. The van der Waals surface area contributed by atoms with Crippen molar-refractivity contribution in [2.45, 2.75) is 19.9 Å². The standard InChI is InChI=1S/C10H13IN2O/c1-6-5-8(11)3-4-9(6)13-10(14)7(2)12/h3-5,7H,12H2,1-2H3,(H,13,14)/t7-/m0/s1. The molecule has 1 atom stereocenters. The Labute approximate surface area is 97.2 Å². The zero-order valence-electron chi connectivity index (χ0n) is 8.17. The second-order valence-electron chi connectivity index (χ2n) is 3.24. The highest BCUT2D eigenvalue weighted by atomic mass is 127. The summed E-state index contributed by atoms with van der Waals surface area (Å²) in [5.74, 6) is -0.158. The lowest BCUT2D eigenvalue weighted by atomic mass is 10.2. The molecule has 1 aromatic carbocycles. The van der Waals surface area contributed by atoms with E-state index < -0.39 is 6.04 Å². The monoisotopic (exact) mass is 304 g/mol. The van der Waals surface area contributed by atoms with E-state index in [-0.39, 0.29) is 5.91 Å².